The van der Waals surface area contributed by atoms with Crippen LogP contribution in [0.1, 0.15) is 6.92 Å². The van der Waals surface area contributed by atoms with Crippen molar-refractivity contribution in [1.82, 2.24) is 0 Å². The highest BCUT2D eigenvalue weighted by Crippen LogP contribution is 2.45. The maximum absolute atomic E-state index is 6.87. The zero-order valence-corrected chi connectivity index (χ0v) is 20.3. The van der Waals surface area contributed by atoms with Crippen LogP contribution in [0.5, 0.6) is 0 Å². The van der Waals surface area contributed by atoms with E-state index in [2.05, 4.69) is 100 Å². The molecule has 1 nitrogen and oxygen atoms in total. The lowest BCUT2D eigenvalue weighted by molar-refractivity contribution is 0.317. The van der Waals surface area contributed by atoms with Crippen molar-refractivity contribution in [3.8, 4) is 0 Å². The average molecular weight is 399 g/mol. The van der Waals surface area contributed by atoms with E-state index in [1.54, 1.807) is 0 Å². The molecule has 2 aromatic carbocycles. The fraction of sp³-hybridized carbons (Fsp3) is 0.455. The molecule has 1 aliphatic heterocycles. The first kappa shape index (κ1) is 19.8. The van der Waals surface area contributed by atoms with Gasteiger partial charge in [-0.3, -0.25) is 0 Å². The summed E-state index contributed by atoms with van der Waals surface area (Å²) in [6, 6.07) is 23.7. The average Bonchev–Trinajstić information content (AvgIpc) is 2.93. The number of benzene rings is 2. The summed E-state index contributed by atoms with van der Waals surface area (Å²) in [6.45, 7) is 16.4. The van der Waals surface area contributed by atoms with Crippen LogP contribution in [0.4, 0.5) is 0 Å². The van der Waals surface area contributed by atoms with Gasteiger partial charge in [0.2, 0.25) is 0 Å². The van der Waals surface area contributed by atoms with E-state index in [9.17, 15) is 0 Å². The summed E-state index contributed by atoms with van der Waals surface area (Å²) in [4.78, 5) is 0. The molecule has 0 spiro atoms. The largest absolute Gasteiger partial charge is 0.407 e. The van der Waals surface area contributed by atoms with Gasteiger partial charge in [-0.25, -0.2) is 0 Å². The molecule has 0 aromatic heterocycles. The molecule has 0 unspecified atom stereocenters. The zero-order chi connectivity index (χ0) is 19.0. The molecule has 1 aliphatic rings. The normalized spacial score (nSPS) is 23.2. The predicted molar refractivity (Wildman–Crippen MR) is 122 cm³/mol. The zero-order valence-electron chi connectivity index (χ0n) is 17.3. The van der Waals surface area contributed by atoms with Gasteiger partial charge in [0, 0.05) is 21.8 Å². The Balaban J connectivity index is 2.14. The second kappa shape index (κ2) is 7.23. The third-order valence-electron chi connectivity index (χ3n) is 6.95. The van der Waals surface area contributed by atoms with Crippen LogP contribution in [0.25, 0.3) is 0 Å². The van der Waals surface area contributed by atoms with Crippen molar-refractivity contribution in [2.45, 2.75) is 51.2 Å². The van der Waals surface area contributed by atoms with E-state index < -0.39 is 23.5 Å². The first-order valence-electron chi connectivity index (χ1n) is 9.93. The van der Waals surface area contributed by atoms with Crippen LogP contribution in [0, 0.1) is 5.92 Å². The SMILES string of the molecule is C[C@@H]1CO[Si](c2ccccc2)(c2ccccc2)[C@H]1C[Si](C)(C)[Si](C)(C)C. The second-order valence-electron chi connectivity index (χ2n) is 9.70. The minimum atomic E-state index is -2.21. The highest BCUT2D eigenvalue weighted by molar-refractivity contribution is 7.40. The summed E-state index contributed by atoms with van der Waals surface area (Å²) in [5.74, 6) is 0.644. The van der Waals surface area contributed by atoms with Gasteiger partial charge in [0.1, 0.15) is 0 Å². The molecule has 4 heteroatoms. The fourth-order valence-electron chi connectivity index (χ4n) is 4.22. The Hall–Kier alpha value is -0.949. The maximum atomic E-state index is 6.87. The molecule has 2 atom stereocenters. The van der Waals surface area contributed by atoms with E-state index in [4.69, 9.17) is 4.43 Å². The summed E-state index contributed by atoms with van der Waals surface area (Å²) in [6.07, 6.45) is 0. The third kappa shape index (κ3) is 3.44. The van der Waals surface area contributed by atoms with E-state index in [-0.39, 0.29) is 0 Å². The first-order chi connectivity index (χ1) is 12.2. The topological polar surface area (TPSA) is 9.23 Å². The fourth-order valence-corrected chi connectivity index (χ4v) is 16.7. The van der Waals surface area contributed by atoms with Crippen LogP contribution in [0.15, 0.2) is 60.7 Å². The van der Waals surface area contributed by atoms with E-state index >= 15 is 0 Å². The molecule has 3 rings (SSSR count). The second-order valence-corrected chi connectivity index (χ2v) is 30.6. The maximum Gasteiger partial charge on any atom is 0.258 e. The molecule has 0 aliphatic carbocycles. The Kier molecular flexibility index (Phi) is 5.50. The molecule has 26 heavy (non-hydrogen) atoms. The van der Waals surface area contributed by atoms with Gasteiger partial charge >= 0.3 is 0 Å². The third-order valence-corrected chi connectivity index (χ3v) is 30.5. The van der Waals surface area contributed by atoms with E-state index in [1.807, 2.05) is 0 Å². The van der Waals surface area contributed by atoms with Gasteiger partial charge in [0.15, 0.2) is 0 Å². The lowest BCUT2D eigenvalue weighted by Crippen LogP contribution is -2.64. The lowest BCUT2D eigenvalue weighted by atomic mass is 10.1. The molecule has 0 N–H and O–H groups in total. The quantitative estimate of drug-likeness (QED) is 0.650. The van der Waals surface area contributed by atoms with Gasteiger partial charge in [-0.05, 0) is 21.8 Å². The number of rotatable bonds is 5. The Morgan fingerprint density at radius 3 is 1.73 bits per heavy atom. The highest BCUT2D eigenvalue weighted by Gasteiger charge is 2.56. The number of hydrogen-bond donors (Lipinski definition) is 0. The molecule has 0 radical (unpaired) electrons. The monoisotopic (exact) mass is 398 g/mol. The molecule has 1 heterocycles. The van der Waals surface area contributed by atoms with E-state index in [0.717, 1.165) is 6.61 Å². The molecular weight excluding hydrogens is 364 g/mol. The molecule has 140 valence electrons. The van der Waals surface area contributed by atoms with Gasteiger partial charge < -0.3 is 4.43 Å². The Bertz CT molecular complexity index is 683. The highest BCUT2D eigenvalue weighted by atomic mass is 29.3. The van der Waals surface area contributed by atoms with Gasteiger partial charge in [-0.1, -0.05) is 106 Å². The van der Waals surface area contributed by atoms with Crippen molar-refractivity contribution in [1.29, 1.82) is 0 Å². The summed E-state index contributed by atoms with van der Waals surface area (Å²) in [5, 5.41) is 2.92. The summed E-state index contributed by atoms with van der Waals surface area (Å²) in [7, 11) is -4.62. The minimum absolute atomic E-state index is 0.644. The lowest BCUT2D eigenvalue weighted by Gasteiger charge is -2.42. The number of hydrogen-bond acceptors (Lipinski definition) is 1. The molecular formula is C22H34OSi3. The molecule has 0 bridgehead atoms. The smallest absolute Gasteiger partial charge is 0.258 e. The molecule has 1 fully saturated rings. The van der Waals surface area contributed by atoms with Crippen LogP contribution >= 0.6 is 0 Å². The minimum Gasteiger partial charge on any atom is -0.407 e. The molecule has 1 saturated heterocycles. The van der Waals surface area contributed by atoms with Gasteiger partial charge in [-0.2, -0.15) is 0 Å². The van der Waals surface area contributed by atoms with Gasteiger partial charge in [0.25, 0.3) is 8.32 Å². The van der Waals surface area contributed by atoms with Crippen LogP contribution in [-0.2, 0) is 4.43 Å². The summed E-state index contributed by atoms with van der Waals surface area (Å²) >= 11 is 0. The Morgan fingerprint density at radius 1 is 0.846 bits per heavy atom. The van der Waals surface area contributed by atoms with Crippen LogP contribution in [-0.4, -0.2) is 30.1 Å². The van der Waals surface area contributed by atoms with E-state index in [1.165, 1.54) is 16.4 Å². The van der Waals surface area contributed by atoms with Crippen molar-refractivity contribution in [2.24, 2.45) is 5.92 Å². The summed E-state index contributed by atoms with van der Waals surface area (Å²) < 4.78 is 6.87. The van der Waals surface area contributed by atoms with Crippen molar-refractivity contribution < 1.29 is 4.43 Å². The molecule has 0 saturated carbocycles. The molecule has 2 aromatic rings. The Morgan fingerprint density at radius 2 is 1.31 bits per heavy atom. The van der Waals surface area contributed by atoms with E-state index in [0.29, 0.717) is 11.5 Å². The van der Waals surface area contributed by atoms with Crippen LogP contribution in [0.3, 0.4) is 0 Å². The van der Waals surface area contributed by atoms with Crippen molar-refractivity contribution >= 4 is 33.9 Å². The van der Waals surface area contributed by atoms with Crippen LogP contribution < -0.4 is 10.4 Å². The summed E-state index contributed by atoms with van der Waals surface area (Å²) in [5.41, 5.74) is 0.681. The molecule has 0 amide bonds. The van der Waals surface area contributed by atoms with Crippen LogP contribution in [0.2, 0.25) is 44.3 Å². The van der Waals surface area contributed by atoms with Crippen molar-refractivity contribution in [3.63, 3.8) is 0 Å². The first-order valence-corrected chi connectivity index (χ1v) is 19.6. The van der Waals surface area contributed by atoms with Gasteiger partial charge in [0.05, 0.1) is 0 Å². The predicted octanol–water partition coefficient (Wildman–Crippen LogP) is 4.91. The Labute approximate surface area is 162 Å². The standard InChI is InChI=1S/C22H34OSi3/c1-19-17-23-26(20-13-9-7-10-14-20,21-15-11-8-12-16-21)22(19)18-25(5,6)24(2,3)4/h7-16,19,22H,17-18H2,1-6H3/t19-,22+/m1/s1. The van der Waals surface area contributed by atoms with Gasteiger partial charge in [-0.15, -0.1) is 0 Å². The van der Waals surface area contributed by atoms with Crippen molar-refractivity contribution in [3.05, 3.63) is 60.7 Å². The van der Waals surface area contributed by atoms with Crippen molar-refractivity contribution in [2.75, 3.05) is 6.61 Å².